The Morgan fingerprint density at radius 3 is 2.68 bits per heavy atom. The normalized spacial score (nSPS) is 20.0. The molecule has 0 fully saturated rings. The standard InChI is InChI=1S/C22H24N2O/c1-24(2)14-18-11-17-10-16-6-3-4-9-21(16)23-22(17)13-20(18)15-7-5-8-19(25)12-15/h3-10,12,18,20,25H,11,13-14H2,1-2H3/t18-,20-/m1/s1. The van der Waals surface area contributed by atoms with E-state index in [4.69, 9.17) is 4.98 Å². The smallest absolute Gasteiger partial charge is 0.115 e. The van der Waals surface area contributed by atoms with Crippen molar-refractivity contribution in [2.24, 2.45) is 5.92 Å². The monoisotopic (exact) mass is 332 g/mol. The van der Waals surface area contributed by atoms with Crippen molar-refractivity contribution in [2.75, 3.05) is 20.6 Å². The predicted molar refractivity (Wildman–Crippen MR) is 102 cm³/mol. The van der Waals surface area contributed by atoms with Crippen LogP contribution in [-0.2, 0) is 12.8 Å². The van der Waals surface area contributed by atoms with E-state index in [0.717, 1.165) is 24.9 Å². The first-order valence-corrected chi connectivity index (χ1v) is 8.91. The molecule has 2 aromatic carbocycles. The van der Waals surface area contributed by atoms with Crippen molar-refractivity contribution >= 4 is 10.9 Å². The second-order valence-electron chi connectivity index (χ2n) is 7.42. The molecule has 0 saturated carbocycles. The summed E-state index contributed by atoms with van der Waals surface area (Å²) >= 11 is 0. The minimum Gasteiger partial charge on any atom is -0.508 e. The van der Waals surface area contributed by atoms with Crippen LogP contribution in [-0.4, -0.2) is 35.6 Å². The number of aromatic nitrogens is 1. The van der Waals surface area contributed by atoms with Crippen molar-refractivity contribution in [3.8, 4) is 5.75 Å². The summed E-state index contributed by atoms with van der Waals surface area (Å²) < 4.78 is 0. The van der Waals surface area contributed by atoms with E-state index in [9.17, 15) is 5.11 Å². The molecular formula is C22H24N2O. The van der Waals surface area contributed by atoms with E-state index in [-0.39, 0.29) is 0 Å². The maximum absolute atomic E-state index is 9.92. The van der Waals surface area contributed by atoms with E-state index < -0.39 is 0 Å². The van der Waals surface area contributed by atoms with Gasteiger partial charge in [-0.3, -0.25) is 4.98 Å². The van der Waals surface area contributed by atoms with Gasteiger partial charge in [0.25, 0.3) is 0 Å². The van der Waals surface area contributed by atoms with Crippen LogP contribution in [0.3, 0.4) is 0 Å². The molecule has 0 unspecified atom stereocenters. The van der Waals surface area contributed by atoms with Gasteiger partial charge in [-0.15, -0.1) is 0 Å². The number of rotatable bonds is 3. The van der Waals surface area contributed by atoms with E-state index in [1.165, 1.54) is 22.2 Å². The number of hydrogen-bond donors (Lipinski definition) is 1. The fraction of sp³-hybridized carbons (Fsp3) is 0.318. The molecular weight excluding hydrogens is 308 g/mol. The van der Waals surface area contributed by atoms with Gasteiger partial charge in [0, 0.05) is 17.6 Å². The van der Waals surface area contributed by atoms with E-state index in [2.05, 4.69) is 49.3 Å². The van der Waals surface area contributed by atoms with E-state index in [1.54, 1.807) is 6.07 Å². The quantitative estimate of drug-likeness (QED) is 0.787. The van der Waals surface area contributed by atoms with Crippen molar-refractivity contribution in [1.82, 2.24) is 9.88 Å². The molecule has 1 aliphatic carbocycles. The summed E-state index contributed by atoms with van der Waals surface area (Å²) in [5.41, 5.74) is 4.87. The van der Waals surface area contributed by atoms with Crippen LogP contribution in [0.5, 0.6) is 5.75 Å². The van der Waals surface area contributed by atoms with Gasteiger partial charge in [0.1, 0.15) is 5.75 Å². The van der Waals surface area contributed by atoms with E-state index in [0.29, 0.717) is 17.6 Å². The molecule has 1 heterocycles. The molecule has 25 heavy (non-hydrogen) atoms. The number of phenols is 1. The number of nitrogens with zero attached hydrogens (tertiary/aromatic N) is 2. The molecule has 0 radical (unpaired) electrons. The maximum Gasteiger partial charge on any atom is 0.115 e. The number of benzene rings is 2. The molecule has 128 valence electrons. The van der Waals surface area contributed by atoms with Crippen molar-refractivity contribution in [3.05, 3.63) is 71.4 Å². The second-order valence-corrected chi connectivity index (χ2v) is 7.42. The fourth-order valence-electron chi connectivity index (χ4n) is 4.16. The molecule has 2 atom stereocenters. The Morgan fingerprint density at radius 1 is 1.04 bits per heavy atom. The zero-order chi connectivity index (χ0) is 17.4. The lowest BCUT2D eigenvalue weighted by molar-refractivity contribution is 0.274. The zero-order valence-electron chi connectivity index (χ0n) is 14.8. The van der Waals surface area contributed by atoms with Crippen LogP contribution < -0.4 is 0 Å². The molecule has 0 amide bonds. The van der Waals surface area contributed by atoms with Gasteiger partial charge < -0.3 is 10.0 Å². The first-order valence-electron chi connectivity index (χ1n) is 8.91. The molecule has 0 spiro atoms. The Labute approximate surface area is 148 Å². The van der Waals surface area contributed by atoms with Gasteiger partial charge in [0.2, 0.25) is 0 Å². The van der Waals surface area contributed by atoms with Crippen LogP contribution >= 0.6 is 0 Å². The highest BCUT2D eigenvalue weighted by Gasteiger charge is 2.31. The van der Waals surface area contributed by atoms with Crippen molar-refractivity contribution in [2.45, 2.75) is 18.8 Å². The summed E-state index contributed by atoms with van der Waals surface area (Å²) in [5, 5.41) is 11.1. The van der Waals surface area contributed by atoms with Crippen LogP contribution in [0.25, 0.3) is 10.9 Å². The lowest BCUT2D eigenvalue weighted by atomic mass is 9.74. The van der Waals surface area contributed by atoms with Crippen LogP contribution in [0, 0.1) is 5.92 Å². The molecule has 0 bridgehead atoms. The molecule has 3 nitrogen and oxygen atoms in total. The predicted octanol–water partition coefficient (Wildman–Crippen LogP) is 4.00. The first kappa shape index (κ1) is 16.1. The molecule has 3 heteroatoms. The average molecular weight is 332 g/mol. The highest BCUT2D eigenvalue weighted by Crippen LogP contribution is 2.38. The molecule has 1 aliphatic rings. The summed E-state index contributed by atoms with van der Waals surface area (Å²) in [6.07, 6.45) is 1.97. The van der Waals surface area contributed by atoms with Gasteiger partial charge in [0.05, 0.1) is 5.52 Å². The van der Waals surface area contributed by atoms with Crippen LogP contribution in [0.4, 0.5) is 0 Å². The topological polar surface area (TPSA) is 36.4 Å². The third-order valence-electron chi connectivity index (χ3n) is 5.25. The molecule has 1 aromatic heterocycles. The highest BCUT2D eigenvalue weighted by molar-refractivity contribution is 5.79. The fourth-order valence-corrected chi connectivity index (χ4v) is 4.16. The van der Waals surface area contributed by atoms with Gasteiger partial charge in [-0.1, -0.05) is 30.3 Å². The van der Waals surface area contributed by atoms with Gasteiger partial charge in [-0.05, 0) is 74.2 Å². The van der Waals surface area contributed by atoms with Gasteiger partial charge in [-0.2, -0.15) is 0 Å². The van der Waals surface area contributed by atoms with E-state index in [1.807, 2.05) is 18.2 Å². The Kier molecular flexibility index (Phi) is 4.18. The average Bonchev–Trinajstić information content (AvgIpc) is 2.59. The van der Waals surface area contributed by atoms with Gasteiger partial charge >= 0.3 is 0 Å². The number of fused-ring (bicyclic) bond motifs is 2. The maximum atomic E-state index is 9.92. The molecule has 0 aliphatic heterocycles. The zero-order valence-corrected chi connectivity index (χ0v) is 14.8. The van der Waals surface area contributed by atoms with Crippen molar-refractivity contribution in [3.63, 3.8) is 0 Å². The Morgan fingerprint density at radius 2 is 1.88 bits per heavy atom. The minimum atomic E-state index is 0.346. The summed E-state index contributed by atoms with van der Waals surface area (Å²) in [6, 6.07) is 18.4. The third kappa shape index (κ3) is 3.24. The van der Waals surface area contributed by atoms with Crippen LogP contribution in [0.2, 0.25) is 0 Å². The number of aromatic hydroxyl groups is 1. The van der Waals surface area contributed by atoms with Gasteiger partial charge in [-0.25, -0.2) is 0 Å². The first-order chi connectivity index (χ1) is 12.1. The van der Waals surface area contributed by atoms with Crippen LogP contribution in [0.1, 0.15) is 22.7 Å². The summed E-state index contributed by atoms with van der Waals surface area (Å²) in [5.74, 6) is 1.25. The molecule has 1 N–H and O–H groups in total. The molecule has 0 saturated heterocycles. The van der Waals surface area contributed by atoms with Gasteiger partial charge in [0.15, 0.2) is 0 Å². The Balaban J connectivity index is 1.77. The van der Waals surface area contributed by atoms with Crippen molar-refractivity contribution < 1.29 is 5.11 Å². The third-order valence-corrected chi connectivity index (χ3v) is 5.25. The number of hydrogen-bond acceptors (Lipinski definition) is 3. The van der Waals surface area contributed by atoms with Crippen molar-refractivity contribution in [1.29, 1.82) is 0 Å². The highest BCUT2D eigenvalue weighted by atomic mass is 16.3. The summed E-state index contributed by atoms with van der Waals surface area (Å²) in [6.45, 7) is 1.03. The Hall–Kier alpha value is -2.39. The summed E-state index contributed by atoms with van der Waals surface area (Å²) in [7, 11) is 4.27. The second kappa shape index (κ2) is 6.49. The lowest BCUT2D eigenvalue weighted by Gasteiger charge is -2.35. The van der Waals surface area contributed by atoms with Crippen LogP contribution in [0.15, 0.2) is 54.6 Å². The minimum absolute atomic E-state index is 0.346. The number of phenolic OH excluding ortho intramolecular Hbond substituents is 1. The molecule has 4 rings (SSSR count). The number of pyridine rings is 1. The SMILES string of the molecule is CN(C)C[C@H]1Cc2cc3ccccc3nc2C[C@@H]1c1cccc(O)c1. The largest absolute Gasteiger partial charge is 0.508 e. The van der Waals surface area contributed by atoms with E-state index >= 15 is 0 Å². The Bertz CT molecular complexity index is 903. The molecule has 3 aromatic rings. The summed E-state index contributed by atoms with van der Waals surface area (Å²) in [4.78, 5) is 7.22. The number of para-hydroxylation sites is 1. The lowest BCUT2D eigenvalue weighted by Crippen LogP contribution is -2.33.